The molecule has 1 aliphatic heterocycles. The second kappa shape index (κ2) is 4.69. The summed E-state index contributed by atoms with van der Waals surface area (Å²) in [6.07, 6.45) is 0. The Morgan fingerprint density at radius 2 is 1.74 bits per heavy atom. The molecule has 5 heteroatoms. The molecule has 0 aliphatic carbocycles. The van der Waals surface area contributed by atoms with Gasteiger partial charge in [-0.2, -0.15) is 10.1 Å². The van der Waals surface area contributed by atoms with Crippen LogP contribution in [0.3, 0.4) is 0 Å². The van der Waals surface area contributed by atoms with Gasteiger partial charge in [0, 0.05) is 18.9 Å². The van der Waals surface area contributed by atoms with Gasteiger partial charge in [0.05, 0.1) is 11.2 Å². The van der Waals surface area contributed by atoms with Gasteiger partial charge in [-0.25, -0.2) is 4.84 Å². The number of hydrogen-bond acceptors (Lipinski definition) is 3. The minimum atomic E-state index is -0.710. The molecule has 4 nitrogen and oxygen atoms in total. The van der Waals surface area contributed by atoms with Gasteiger partial charge < -0.3 is 4.74 Å². The predicted molar refractivity (Wildman–Crippen MR) is 76.4 cm³/mol. The number of amidine groups is 1. The van der Waals surface area contributed by atoms with Crippen molar-refractivity contribution in [3.05, 3.63) is 29.3 Å². The number of ether oxygens (including phenoxy) is 1. The summed E-state index contributed by atoms with van der Waals surface area (Å²) in [6, 6.07) is 7.72. The van der Waals surface area contributed by atoms with E-state index in [2.05, 4.69) is 4.99 Å². The van der Waals surface area contributed by atoms with E-state index in [1.165, 1.54) is 0 Å². The fourth-order valence-electron chi connectivity index (χ4n) is 1.66. The second-order valence-electron chi connectivity index (χ2n) is 5.93. The molecule has 1 aliphatic rings. The first-order chi connectivity index (χ1) is 8.67. The molecular formula is C14H19ClN2O2. The lowest BCUT2D eigenvalue weighted by Gasteiger charge is -2.29. The second-order valence-corrected chi connectivity index (χ2v) is 6.37. The Morgan fingerprint density at radius 3 is 2.26 bits per heavy atom. The lowest BCUT2D eigenvalue weighted by Crippen LogP contribution is -2.42. The van der Waals surface area contributed by atoms with Crippen molar-refractivity contribution in [2.24, 2.45) is 4.99 Å². The summed E-state index contributed by atoms with van der Waals surface area (Å²) in [4.78, 5) is 10.3. The Bertz CT molecular complexity index is 489. The van der Waals surface area contributed by atoms with Crippen LogP contribution in [0.1, 0.15) is 34.6 Å². The maximum atomic E-state index is 5.86. The van der Waals surface area contributed by atoms with E-state index in [4.69, 9.17) is 21.2 Å². The van der Waals surface area contributed by atoms with Crippen LogP contribution in [0, 0.1) is 0 Å². The molecule has 0 N–H and O–H groups in total. The van der Waals surface area contributed by atoms with Crippen molar-refractivity contribution in [2.75, 3.05) is 0 Å². The number of benzene rings is 1. The van der Waals surface area contributed by atoms with Gasteiger partial charge in [0.1, 0.15) is 0 Å². The van der Waals surface area contributed by atoms with Gasteiger partial charge >= 0.3 is 6.02 Å². The van der Waals surface area contributed by atoms with Crippen LogP contribution in [0.15, 0.2) is 29.3 Å². The molecule has 1 heterocycles. The van der Waals surface area contributed by atoms with E-state index in [-0.39, 0.29) is 5.54 Å². The molecule has 2 rings (SSSR count). The lowest BCUT2D eigenvalue weighted by atomic mass is 10.1. The Morgan fingerprint density at radius 1 is 1.16 bits per heavy atom. The molecule has 1 aromatic carbocycles. The summed E-state index contributed by atoms with van der Waals surface area (Å²) in [5.74, 6) is -0.710. The Kier molecular flexibility index (Phi) is 3.49. The van der Waals surface area contributed by atoms with Gasteiger partial charge in [-0.3, -0.25) is 0 Å². The summed E-state index contributed by atoms with van der Waals surface area (Å²) in [5.41, 5.74) is 0.536. The van der Waals surface area contributed by atoms with Crippen LogP contribution in [-0.2, 0) is 9.57 Å². The van der Waals surface area contributed by atoms with Crippen LogP contribution in [0.5, 0.6) is 0 Å². The summed E-state index contributed by atoms with van der Waals surface area (Å²) in [5, 5.41) is 2.38. The summed E-state index contributed by atoms with van der Waals surface area (Å²) in [6.45, 7) is 9.83. The molecule has 1 saturated heterocycles. The van der Waals surface area contributed by atoms with Crippen molar-refractivity contribution < 1.29 is 9.57 Å². The quantitative estimate of drug-likeness (QED) is 0.777. The number of nitrogens with zero attached hydrogens (tertiary/aromatic N) is 2. The van der Waals surface area contributed by atoms with E-state index in [0.29, 0.717) is 11.0 Å². The van der Waals surface area contributed by atoms with Gasteiger partial charge in [-0.1, -0.05) is 11.6 Å². The summed E-state index contributed by atoms with van der Waals surface area (Å²) in [7, 11) is 0. The normalized spacial score (nSPS) is 20.7. The lowest BCUT2D eigenvalue weighted by molar-refractivity contribution is -0.239. The standard InChI is InChI=1S/C14H19ClN2O2/c1-13(2,3)17-12(18-14(4,5)19-17)16-11-8-6-10(15)7-9-11/h6-9H,1-5H3. The number of hydroxylamine groups is 2. The van der Waals surface area contributed by atoms with Crippen LogP contribution in [0.25, 0.3) is 0 Å². The van der Waals surface area contributed by atoms with Crippen molar-refractivity contribution >= 4 is 23.3 Å². The maximum Gasteiger partial charge on any atom is 0.320 e. The number of halogens is 1. The van der Waals surface area contributed by atoms with Gasteiger partial charge in [0.25, 0.3) is 0 Å². The molecule has 104 valence electrons. The van der Waals surface area contributed by atoms with Crippen molar-refractivity contribution in [1.29, 1.82) is 0 Å². The zero-order chi connectivity index (χ0) is 14.3. The topological polar surface area (TPSA) is 34.1 Å². The van der Waals surface area contributed by atoms with Crippen LogP contribution in [0.4, 0.5) is 5.69 Å². The minimum absolute atomic E-state index is 0.237. The van der Waals surface area contributed by atoms with Gasteiger partial charge in [0.2, 0.25) is 5.79 Å². The van der Waals surface area contributed by atoms with E-state index in [0.717, 1.165) is 5.69 Å². The Balaban J connectivity index is 2.33. The maximum absolute atomic E-state index is 5.86. The average molecular weight is 283 g/mol. The largest absolute Gasteiger partial charge is 0.429 e. The zero-order valence-corrected chi connectivity index (χ0v) is 12.7. The number of rotatable bonds is 1. The molecule has 0 radical (unpaired) electrons. The van der Waals surface area contributed by atoms with Gasteiger partial charge in [0.15, 0.2) is 0 Å². The third-order valence-electron chi connectivity index (χ3n) is 2.48. The van der Waals surface area contributed by atoms with Crippen molar-refractivity contribution in [1.82, 2.24) is 5.06 Å². The van der Waals surface area contributed by atoms with E-state index in [9.17, 15) is 0 Å². The van der Waals surface area contributed by atoms with E-state index in [1.807, 2.05) is 46.8 Å². The Labute approximate surface area is 118 Å². The SMILES string of the molecule is CC1(C)OC(=Nc2ccc(Cl)cc2)N(C(C)(C)C)O1. The van der Waals surface area contributed by atoms with E-state index < -0.39 is 5.79 Å². The van der Waals surface area contributed by atoms with Gasteiger partial charge in [-0.05, 0) is 45.0 Å². The monoisotopic (exact) mass is 282 g/mol. The van der Waals surface area contributed by atoms with Crippen LogP contribution in [0.2, 0.25) is 5.02 Å². The first kappa shape index (κ1) is 14.2. The highest BCUT2D eigenvalue weighted by atomic mass is 35.5. The molecular weight excluding hydrogens is 264 g/mol. The van der Waals surface area contributed by atoms with Crippen molar-refractivity contribution in [2.45, 2.75) is 45.9 Å². The molecule has 1 aromatic rings. The zero-order valence-electron chi connectivity index (χ0n) is 11.9. The predicted octanol–water partition coefficient (Wildman–Crippen LogP) is 4.13. The van der Waals surface area contributed by atoms with Crippen LogP contribution in [-0.4, -0.2) is 22.4 Å². The summed E-state index contributed by atoms with van der Waals surface area (Å²) >= 11 is 5.86. The fourth-order valence-corrected chi connectivity index (χ4v) is 1.78. The molecule has 0 spiro atoms. The number of aliphatic imine (C=N–C) groups is 1. The highest BCUT2D eigenvalue weighted by Crippen LogP contribution is 2.31. The van der Waals surface area contributed by atoms with E-state index in [1.54, 1.807) is 17.2 Å². The minimum Gasteiger partial charge on any atom is -0.429 e. The number of hydrogen-bond donors (Lipinski definition) is 0. The third-order valence-corrected chi connectivity index (χ3v) is 2.73. The molecule has 1 fully saturated rings. The highest BCUT2D eigenvalue weighted by Gasteiger charge is 2.43. The van der Waals surface area contributed by atoms with Gasteiger partial charge in [-0.15, -0.1) is 0 Å². The molecule has 0 aromatic heterocycles. The third kappa shape index (κ3) is 3.39. The summed E-state index contributed by atoms with van der Waals surface area (Å²) < 4.78 is 5.74. The first-order valence-corrected chi connectivity index (χ1v) is 6.58. The Hall–Kier alpha value is -1.26. The van der Waals surface area contributed by atoms with E-state index >= 15 is 0 Å². The van der Waals surface area contributed by atoms with Crippen LogP contribution < -0.4 is 0 Å². The molecule has 0 atom stereocenters. The average Bonchev–Trinajstić information content (AvgIpc) is 2.57. The molecule has 0 bridgehead atoms. The first-order valence-electron chi connectivity index (χ1n) is 6.20. The molecule has 19 heavy (non-hydrogen) atoms. The fraction of sp³-hybridized carbons (Fsp3) is 0.500. The molecule has 0 unspecified atom stereocenters. The molecule has 0 amide bonds. The smallest absolute Gasteiger partial charge is 0.320 e. The van der Waals surface area contributed by atoms with Crippen molar-refractivity contribution in [3.63, 3.8) is 0 Å². The highest BCUT2D eigenvalue weighted by molar-refractivity contribution is 6.30. The van der Waals surface area contributed by atoms with Crippen LogP contribution >= 0.6 is 11.6 Å². The molecule has 0 saturated carbocycles. The van der Waals surface area contributed by atoms with Crippen molar-refractivity contribution in [3.8, 4) is 0 Å².